The number of ether oxygens (including phenoxy) is 3. The molecule has 0 fully saturated rings. The first-order valence-corrected chi connectivity index (χ1v) is 32.2. The zero-order valence-electron chi connectivity index (χ0n) is 50.0. The molecule has 6 heteroatoms. The summed E-state index contributed by atoms with van der Waals surface area (Å²) in [6.45, 7) is 6.58. The maximum absolute atomic E-state index is 12.9. The number of hydrogen-bond donors (Lipinski definition) is 0. The molecule has 1 unspecified atom stereocenters. The van der Waals surface area contributed by atoms with Crippen molar-refractivity contribution in [1.82, 2.24) is 0 Å². The van der Waals surface area contributed by atoms with Crippen LogP contribution < -0.4 is 0 Å². The van der Waals surface area contributed by atoms with Crippen LogP contribution in [-0.4, -0.2) is 37.2 Å². The van der Waals surface area contributed by atoms with Crippen molar-refractivity contribution in [2.24, 2.45) is 0 Å². The van der Waals surface area contributed by atoms with Crippen LogP contribution in [0.25, 0.3) is 0 Å². The number of carbonyl (C=O) groups is 3. The van der Waals surface area contributed by atoms with Crippen molar-refractivity contribution in [1.29, 1.82) is 0 Å². The highest BCUT2D eigenvalue weighted by Crippen LogP contribution is 2.15. The van der Waals surface area contributed by atoms with Gasteiger partial charge in [-0.1, -0.05) is 259 Å². The summed E-state index contributed by atoms with van der Waals surface area (Å²) in [5, 5.41) is 0. The molecule has 76 heavy (non-hydrogen) atoms. The van der Waals surface area contributed by atoms with Crippen molar-refractivity contribution < 1.29 is 28.6 Å². The van der Waals surface area contributed by atoms with Gasteiger partial charge >= 0.3 is 17.9 Å². The van der Waals surface area contributed by atoms with Crippen LogP contribution in [0.3, 0.4) is 0 Å². The number of unbranched alkanes of at least 4 members (excludes halogenated alkanes) is 31. The van der Waals surface area contributed by atoms with Gasteiger partial charge in [-0.3, -0.25) is 14.4 Å². The van der Waals surface area contributed by atoms with Crippen molar-refractivity contribution in [3.05, 3.63) is 97.2 Å². The van der Waals surface area contributed by atoms with Gasteiger partial charge in [-0.2, -0.15) is 0 Å². The minimum Gasteiger partial charge on any atom is -0.462 e. The van der Waals surface area contributed by atoms with Crippen molar-refractivity contribution in [2.45, 2.75) is 316 Å². The first kappa shape index (κ1) is 72.3. The number of rotatable bonds is 58. The highest BCUT2D eigenvalue weighted by atomic mass is 16.6. The predicted molar refractivity (Wildman–Crippen MR) is 330 cm³/mol. The third kappa shape index (κ3) is 61.2. The largest absolute Gasteiger partial charge is 0.462 e. The van der Waals surface area contributed by atoms with Crippen LogP contribution in [0.1, 0.15) is 310 Å². The number of esters is 3. The van der Waals surface area contributed by atoms with Crippen LogP contribution >= 0.6 is 0 Å². The van der Waals surface area contributed by atoms with E-state index in [-0.39, 0.29) is 31.1 Å². The molecule has 0 aromatic rings. The molecule has 0 aliphatic carbocycles. The molecule has 0 radical (unpaired) electrons. The molecule has 0 aliphatic heterocycles. The Labute approximate surface area is 470 Å². The minimum absolute atomic E-state index is 0.0915. The summed E-state index contributed by atoms with van der Waals surface area (Å²) in [6.07, 6.45) is 85.4. The Morgan fingerprint density at radius 1 is 0.263 bits per heavy atom. The van der Waals surface area contributed by atoms with Crippen LogP contribution in [0.5, 0.6) is 0 Å². The van der Waals surface area contributed by atoms with Gasteiger partial charge in [0.05, 0.1) is 0 Å². The SMILES string of the molecule is CCCCC/C=C\C/C=C\C/C=C\CCCCCCCCC(=O)OC(COC(=O)CCCCCCCC/C=C\C/C=C\C/C=C\CCCCCCC)COC(=O)CCCCCCCCC/C=C\C/C=C\CCCCCC. The van der Waals surface area contributed by atoms with Gasteiger partial charge in [0, 0.05) is 19.3 Å². The van der Waals surface area contributed by atoms with E-state index >= 15 is 0 Å². The second-order valence-electron chi connectivity index (χ2n) is 21.3. The molecule has 0 amide bonds. The van der Waals surface area contributed by atoms with Crippen LogP contribution in [0.4, 0.5) is 0 Å². The Balaban J connectivity index is 4.45. The van der Waals surface area contributed by atoms with E-state index in [1.54, 1.807) is 0 Å². The fraction of sp³-hybridized carbons (Fsp3) is 0.729. The molecule has 0 aromatic heterocycles. The van der Waals surface area contributed by atoms with Crippen LogP contribution in [0.15, 0.2) is 97.2 Å². The first-order valence-electron chi connectivity index (χ1n) is 32.2. The Morgan fingerprint density at radius 3 is 0.776 bits per heavy atom. The molecular formula is C70H120O6. The van der Waals surface area contributed by atoms with Gasteiger partial charge in [0.2, 0.25) is 0 Å². The van der Waals surface area contributed by atoms with E-state index < -0.39 is 6.10 Å². The van der Waals surface area contributed by atoms with E-state index in [9.17, 15) is 14.4 Å². The van der Waals surface area contributed by atoms with E-state index in [4.69, 9.17) is 14.2 Å². The molecule has 1 atom stereocenters. The van der Waals surface area contributed by atoms with E-state index in [0.29, 0.717) is 19.3 Å². The summed E-state index contributed by atoms with van der Waals surface area (Å²) < 4.78 is 16.9. The van der Waals surface area contributed by atoms with E-state index in [0.717, 1.165) is 116 Å². The topological polar surface area (TPSA) is 78.9 Å². The molecular weight excluding hydrogens is 937 g/mol. The van der Waals surface area contributed by atoms with Crippen LogP contribution in [0, 0.1) is 0 Å². The van der Waals surface area contributed by atoms with Crippen molar-refractivity contribution in [2.75, 3.05) is 13.2 Å². The lowest BCUT2D eigenvalue weighted by atomic mass is 10.1. The van der Waals surface area contributed by atoms with Gasteiger partial charge < -0.3 is 14.2 Å². The van der Waals surface area contributed by atoms with E-state index in [1.807, 2.05) is 0 Å². The van der Waals surface area contributed by atoms with Crippen molar-refractivity contribution in [3.63, 3.8) is 0 Å². The number of allylic oxidation sites excluding steroid dienone is 16. The molecule has 0 N–H and O–H groups in total. The fourth-order valence-corrected chi connectivity index (χ4v) is 8.90. The Kier molecular flexibility index (Phi) is 60.8. The van der Waals surface area contributed by atoms with Crippen LogP contribution in [0.2, 0.25) is 0 Å². The average molecular weight is 1060 g/mol. The van der Waals surface area contributed by atoms with Gasteiger partial charge in [-0.05, 0) is 128 Å². The van der Waals surface area contributed by atoms with Gasteiger partial charge in [0.1, 0.15) is 13.2 Å². The molecule has 0 bridgehead atoms. The average Bonchev–Trinajstić information content (AvgIpc) is 3.42. The van der Waals surface area contributed by atoms with Gasteiger partial charge in [-0.15, -0.1) is 0 Å². The summed E-state index contributed by atoms with van der Waals surface area (Å²) in [6, 6.07) is 0. The highest BCUT2D eigenvalue weighted by molar-refractivity contribution is 5.71. The smallest absolute Gasteiger partial charge is 0.306 e. The standard InChI is InChI=1S/C70H120O6/c1-4-7-10-13-16-19-22-25-28-31-34-35-37-39-42-45-48-51-54-57-60-63-69(72)75-66-67(65-74-68(71)62-59-56-53-50-47-44-41-38-33-30-27-24-21-18-15-12-9-6-3)76-70(73)64-61-58-55-52-49-46-43-40-36-32-29-26-23-20-17-14-11-8-5-2/h17,20-22,24-26,29-31,33-34,36-37,39-40,67H,4-16,18-19,23,27-28,32,35,38,41-66H2,1-3H3/b20-17-,24-21-,25-22-,29-26-,33-30-,34-31-,39-37-,40-36-. The van der Waals surface area contributed by atoms with E-state index in [1.165, 1.54) is 154 Å². The van der Waals surface area contributed by atoms with Gasteiger partial charge in [0.25, 0.3) is 0 Å². The second-order valence-corrected chi connectivity index (χ2v) is 21.3. The fourth-order valence-electron chi connectivity index (χ4n) is 8.90. The third-order valence-corrected chi connectivity index (χ3v) is 13.8. The molecule has 0 saturated heterocycles. The summed E-state index contributed by atoms with van der Waals surface area (Å²) in [7, 11) is 0. The molecule has 436 valence electrons. The van der Waals surface area contributed by atoms with Crippen molar-refractivity contribution >= 4 is 17.9 Å². The lowest BCUT2D eigenvalue weighted by Gasteiger charge is -2.18. The summed E-state index contributed by atoms with van der Waals surface area (Å²) in [5.74, 6) is -0.915. The lowest BCUT2D eigenvalue weighted by molar-refractivity contribution is -0.167. The minimum atomic E-state index is -0.797. The van der Waals surface area contributed by atoms with Crippen LogP contribution in [-0.2, 0) is 28.6 Å². The second kappa shape index (κ2) is 63.9. The maximum atomic E-state index is 12.9. The molecule has 0 spiro atoms. The Morgan fingerprint density at radius 2 is 0.474 bits per heavy atom. The molecule has 0 heterocycles. The Hall–Kier alpha value is -3.67. The molecule has 0 aliphatic rings. The molecule has 0 rings (SSSR count). The van der Waals surface area contributed by atoms with Crippen molar-refractivity contribution in [3.8, 4) is 0 Å². The molecule has 0 aromatic carbocycles. The zero-order valence-corrected chi connectivity index (χ0v) is 50.0. The normalized spacial score (nSPS) is 12.7. The van der Waals surface area contributed by atoms with Gasteiger partial charge in [0.15, 0.2) is 6.10 Å². The molecule has 0 saturated carbocycles. The number of carbonyl (C=O) groups excluding carboxylic acids is 3. The molecule has 6 nitrogen and oxygen atoms in total. The predicted octanol–water partition coefficient (Wildman–Crippen LogP) is 22.0. The quantitative estimate of drug-likeness (QED) is 0.0261. The first-order chi connectivity index (χ1) is 37.5. The highest BCUT2D eigenvalue weighted by Gasteiger charge is 2.19. The van der Waals surface area contributed by atoms with Gasteiger partial charge in [-0.25, -0.2) is 0 Å². The summed E-state index contributed by atoms with van der Waals surface area (Å²) >= 11 is 0. The lowest BCUT2D eigenvalue weighted by Crippen LogP contribution is -2.30. The number of hydrogen-bond acceptors (Lipinski definition) is 6. The monoisotopic (exact) mass is 1060 g/mol. The summed E-state index contributed by atoms with van der Waals surface area (Å²) in [5.41, 5.74) is 0. The van der Waals surface area contributed by atoms with E-state index in [2.05, 4.69) is 118 Å². The third-order valence-electron chi connectivity index (χ3n) is 13.8. The Bertz CT molecular complexity index is 1490. The maximum Gasteiger partial charge on any atom is 0.306 e. The zero-order chi connectivity index (χ0) is 55.0. The summed E-state index contributed by atoms with van der Waals surface area (Å²) in [4.78, 5) is 38.4.